The number of nitrogens with zero attached hydrogens (tertiary/aromatic N) is 3. The predicted molar refractivity (Wildman–Crippen MR) is 93.8 cm³/mol. The van der Waals surface area contributed by atoms with Crippen LogP contribution in [0, 0.1) is 0 Å². The molecule has 2 aromatic rings. The van der Waals surface area contributed by atoms with Gasteiger partial charge >= 0.3 is 0 Å². The fourth-order valence-electron chi connectivity index (χ4n) is 2.68. The molecule has 1 atom stereocenters. The molecular weight excluding hydrogens is 344 g/mol. The number of carbonyl (C=O) groups is 1. The average molecular weight is 363 g/mol. The molecule has 8 heteroatoms. The van der Waals surface area contributed by atoms with Crippen LogP contribution in [0.3, 0.4) is 0 Å². The number of halogens is 1. The van der Waals surface area contributed by atoms with Crippen LogP contribution in [0.15, 0.2) is 35.6 Å². The van der Waals surface area contributed by atoms with Crippen LogP contribution >= 0.6 is 11.6 Å². The van der Waals surface area contributed by atoms with Gasteiger partial charge in [-0.2, -0.15) is 5.10 Å². The van der Waals surface area contributed by atoms with Gasteiger partial charge in [-0.15, -0.1) is 0 Å². The summed E-state index contributed by atoms with van der Waals surface area (Å²) in [6.45, 7) is 2.93. The molecule has 3 rings (SSSR count). The monoisotopic (exact) mass is 362 g/mol. The summed E-state index contributed by atoms with van der Waals surface area (Å²) in [5, 5.41) is 11.5. The van der Waals surface area contributed by atoms with E-state index in [0.717, 1.165) is 11.3 Å². The molecule has 7 nitrogen and oxygen atoms in total. The van der Waals surface area contributed by atoms with E-state index in [1.54, 1.807) is 18.0 Å². The summed E-state index contributed by atoms with van der Waals surface area (Å²) in [4.78, 5) is 17.7. The highest BCUT2D eigenvalue weighted by molar-refractivity contribution is 6.31. The Balaban J connectivity index is 1.61. The number of hydrogen-bond acceptors (Lipinski definition) is 5. The van der Waals surface area contributed by atoms with E-state index < -0.39 is 6.10 Å². The minimum atomic E-state index is -0.670. The standard InChI is InChI=1S/C17H19ClN4O3/c1-3-22-14(12(18)9-20-22)10-19-17(23)16-8-13(21-25-16)11-6-4-5-7-15(11)24-2/h4-7,9,16H,3,8,10H2,1-2H3,(H,19,23). The maximum Gasteiger partial charge on any atom is 0.264 e. The van der Waals surface area contributed by atoms with Crippen LogP contribution in [0.1, 0.15) is 24.6 Å². The molecular formula is C17H19ClN4O3. The van der Waals surface area contributed by atoms with Gasteiger partial charge in [-0.1, -0.05) is 28.9 Å². The molecule has 1 aromatic heterocycles. The van der Waals surface area contributed by atoms with Crippen LogP contribution in [-0.4, -0.2) is 34.6 Å². The summed E-state index contributed by atoms with van der Waals surface area (Å²) in [7, 11) is 1.60. The number of amides is 1. The summed E-state index contributed by atoms with van der Waals surface area (Å²) in [5.74, 6) is 0.457. The van der Waals surface area contributed by atoms with E-state index in [-0.39, 0.29) is 12.5 Å². The van der Waals surface area contributed by atoms with Gasteiger partial charge < -0.3 is 14.9 Å². The lowest BCUT2D eigenvalue weighted by Crippen LogP contribution is -2.35. The normalized spacial score (nSPS) is 16.3. The first-order valence-electron chi connectivity index (χ1n) is 7.98. The van der Waals surface area contributed by atoms with Crippen molar-refractivity contribution in [1.29, 1.82) is 0 Å². The van der Waals surface area contributed by atoms with Gasteiger partial charge in [0.2, 0.25) is 6.10 Å². The number of oxime groups is 1. The summed E-state index contributed by atoms with van der Waals surface area (Å²) < 4.78 is 7.07. The smallest absolute Gasteiger partial charge is 0.264 e. The number of benzene rings is 1. The van der Waals surface area contributed by atoms with Crippen LogP contribution in [0.2, 0.25) is 5.02 Å². The second kappa shape index (κ2) is 7.57. The summed E-state index contributed by atoms with van der Waals surface area (Å²) in [6.07, 6.45) is 1.28. The average Bonchev–Trinajstić information content (AvgIpc) is 3.26. The molecule has 0 fully saturated rings. The first-order chi connectivity index (χ1) is 12.1. The minimum Gasteiger partial charge on any atom is -0.496 e. The number of carbonyl (C=O) groups excluding carboxylic acids is 1. The molecule has 1 aliphatic rings. The number of aromatic nitrogens is 2. The van der Waals surface area contributed by atoms with Gasteiger partial charge in [0.05, 0.1) is 36.3 Å². The summed E-state index contributed by atoms with van der Waals surface area (Å²) in [6, 6.07) is 7.51. The van der Waals surface area contributed by atoms with Crippen molar-refractivity contribution in [2.24, 2.45) is 5.16 Å². The lowest BCUT2D eigenvalue weighted by Gasteiger charge is -2.11. The Morgan fingerprint density at radius 1 is 1.48 bits per heavy atom. The Hall–Kier alpha value is -2.54. The lowest BCUT2D eigenvalue weighted by molar-refractivity contribution is -0.131. The number of rotatable bonds is 6. The first kappa shape index (κ1) is 17.3. The van der Waals surface area contributed by atoms with Crippen LogP contribution in [0.4, 0.5) is 0 Å². The van der Waals surface area contributed by atoms with Gasteiger partial charge in [0, 0.05) is 18.5 Å². The third kappa shape index (κ3) is 3.61. The van der Waals surface area contributed by atoms with Gasteiger partial charge in [-0.3, -0.25) is 9.48 Å². The summed E-state index contributed by atoms with van der Waals surface area (Å²) >= 11 is 6.10. The quantitative estimate of drug-likeness (QED) is 0.855. The molecule has 0 aliphatic carbocycles. The van der Waals surface area contributed by atoms with E-state index in [9.17, 15) is 4.79 Å². The van der Waals surface area contributed by atoms with E-state index in [4.69, 9.17) is 21.2 Å². The number of ether oxygens (including phenoxy) is 1. The van der Waals surface area contributed by atoms with E-state index >= 15 is 0 Å². The number of hydrogen-bond donors (Lipinski definition) is 1. The largest absolute Gasteiger partial charge is 0.496 e. The van der Waals surface area contributed by atoms with Crippen LogP contribution in [0.5, 0.6) is 5.75 Å². The third-order valence-corrected chi connectivity index (χ3v) is 4.32. The molecule has 0 bridgehead atoms. The molecule has 1 aliphatic heterocycles. The van der Waals surface area contributed by atoms with Gasteiger partial charge in [0.25, 0.3) is 5.91 Å². The highest BCUT2D eigenvalue weighted by Crippen LogP contribution is 2.24. The van der Waals surface area contributed by atoms with Crippen molar-refractivity contribution in [3.05, 3.63) is 46.7 Å². The van der Waals surface area contributed by atoms with Gasteiger partial charge in [-0.05, 0) is 19.1 Å². The Kier molecular flexibility index (Phi) is 5.23. The number of aryl methyl sites for hydroxylation is 1. The van der Waals surface area contributed by atoms with Crippen molar-refractivity contribution in [2.75, 3.05) is 7.11 Å². The van der Waals surface area contributed by atoms with Crippen LogP contribution in [0.25, 0.3) is 0 Å². The van der Waals surface area contributed by atoms with Gasteiger partial charge in [0.1, 0.15) is 5.75 Å². The summed E-state index contributed by atoms with van der Waals surface area (Å²) in [5.41, 5.74) is 2.28. The second-order valence-corrected chi connectivity index (χ2v) is 5.92. The van der Waals surface area contributed by atoms with E-state index in [1.807, 2.05) is 31.2 Å². The van der Waals surface area contributed by atoms with Crippen LogP contribution < -0.4 is 10.1 Å². The van der Waals surface area contributed by atoms with Crippen molar-refractivity contribution < 1.29 is 14.4 Å². The highest BCUT2D eigenvalue weighted by atomic mass is 35.5. The Labute approximate surface area is 150 Å². The van der Waals surface area contributed by atoms with Crippen molar-refractivity contribution in [2.45, 2.75) is 32.5 Å². The molecule has 1 aromatic carbocycles. The highest BCUT2D eigenvalue weighted by Gasteiger charge is 2.30. The molecule has 1 amide bonds. The number of nitrogens with one attached hydrogen (secondary N) is 1. The van der Waals surface area contributed by atoms with E-state index in [1.165, 1.54) is 0 Å². The molecule has 0 spiro atoms. The van der Waals surface area contributed by atoms with Gasteiger partial charge in [-0.25, -0.2) is 0 Å². The molecule has 25 heavy (non-hydrogen) atoms. The fraction of sp³-hybridized carbons (Fsp3) is 0.353. The zero-order chi connectivity index (χ0) is 17.8. The predicted octanol–water partition coefficient (Wildman–Crippen LogP) is 2.37. The zero-order valence-corrected chi connectivity index (χ0v) is 14.8. The molecule has 0 radical (unpaired) electrons. The lowest BCUT2D eigenvalue weighted by atomic mass is 10.0. The first-order valence-corrected chi connectivity index (χ1v) is 8.35. The molecule has 1 N–H and O–H groups in total. The third-order valence-electron chi connectivity index (χ3n) is 4.01. The number of methoxy groups -OCH3 is 1. The molecule has 0 saturated carbocycles. The van der Waals surface area contributed by atoms with Gasteiger partial charge in [0.15, 0.2) is 0 Å². The maximum atomic E-state index is 12.4. The second-order valence-electron chi connectivity index (χ2n) is 5.51. The van der Waals surface area contributed by atoms with E-state index in [2.05, 4.69) is 15.6 Å². The SMILES string of the molecule is CCn1ncc(Cl)c1CNC(=O)C1CC(c2ccccc2OC)=NO1. The van der Waals surface area contributed by atoms with E-state index in [0.29, 0.717) is 29.4 Å². The molecule has 1 unspecified atom stereocenters. The molecule has 0 saturated heterocycles. The Morgan fingerprint density at radius 2 is 2.28 bits per heavy atom. The van der Waals surface area contributed by atoms with Crippen molar-refractivity contribution in [3.8, 4) is 5.75 Å². The van der Waals surface area contributed by atoms with Crippen LogP contribution in [-0.2, 0) is 22.7 Å². The minimum absolute atomic E-state index is 0.242. The fourth-order valence-corrected chi connectivity index (χ4v) is 2.89. The topological polar surface area (TPSA) is 77.7 Å². The Bertz CT molecular complexity index is 803. The number of para-hydroxylation sites is 1. The molecule has 2 heterocycles. The van der Waals surface area contributed by atoms with Crippen molar-refractivity contribution in [3.63, 3.8) is 0 Å². The maximum absolute atomic E-state index is 12.4. The van der Waals surface area contributed by atoms with Crippen molar-refractivity contribution in [1.82, 2.24) is 15.1 Å². The molecule has 132 valence electrons. The van der Waals surface area contributed by atoms with Crippen molar-refractivity contribution >= 4 is 23.2 Å². The zero-order valence-electron chi connectivity index (χ0n) is 14.0. The Morgan fingerprint density at radius 3 is 3.04 bits per heavy atom.